The van der Waals surface area contributed by atoms with Gasteiger partial charge in [0, 0.05) is 13.7 Å². The number of carbonyl (C=O) groups excluding carboxylic acids is 1. The number of amides is 1. The number of aliphatic hydroxyl groups is 1. The second-order valence-corrected chi connectivity index (χ2v) is 3.87. The minimum Gasteiger partial charge on any atom is -0.394 e. The van der Waals surface area contributed by atoms with Gasteiger partial charge in [-0.05, 0) is 5.56 Å². The molecule has 100 valence electrons. The Bertz CT molecular complexity index is 343. The third kappa shape index (κ3) is 5.27. The molecule has 0 saturated heterocycles. The summed E-state index contributed by atoms with van der Waals surface area (Å²) in [4.78, 5) is 11.5. The fourth-order valence-corrected chi connectivity index (χ4v) is 1.54. The van der Waals surface area contributed by atoms with Gasteiger partial charge in [0.2, 0.25) is 5.91 Å². The standard InChI is InChI=1S/C13H20N2O3/c1-18-8-7-14-13(17)9-15-12(10-16)11-5-3-2-4-6-11/h2-6,12,15-16H,7-10H2,1H3,(H,14,17). The lowest BCUT2D eigenvalue weighted by Gasteiger charge is -2.16. The second-order valence-electron chi connectivity index (χ2n) is 3.87. The second kappa shape index (κ2) is 8.63. The van der Waals surface area contributed by atoms with Gasteiger partial charge in [0.25, 0.3) is 0 Å². The highest BCUT2D eigenvalue weighted by atomic mass is 16.5. The van der Waals surface area contributed by atoms with Crippen LogP contribution in [0, 0.1) is 0 Å². The first-order chi connectivity index (χ1) is 8.77. The van der Waals surface area contributed by atoms with E-state index in [-0.39, 0.29) is 25.1 Å². The number of rotatable bonds is 8. The number of hydrogen-bond acceptors (Lipinski definition) is 4. The molecule has 1 amide bonds. The van der Waals surface area contributed by atoms with Gasteiger partial charge in [0.1, 0.15) is 0 Å². The van der Waals surface area contributed by atoms with Gasteiger partial charge in [0.15, 0.2) is 0 Å². The third-order valence-corrected chi connectivity index (χ3v) is 2.52. The van der Waals surface area contributed by atoms with E-state index in [4.69, 9.17) is 4.74 Å². The van der Waals surface area contributed by atoms with Crippen LogP contribution >= 0.6 is 0 Å². The van der Waals surface area contributed by atoms with Crippen LogP contribution < -0.4 is 10.6 Å². The molecule has 0 spiro atoms. The van der Waals surface area contributed by atoms with Gasteiger partial charge >= 0.3 is 0 Å². The molecule has 1 atom stereocenters. The lowest BCUT2D eigenvalue weighted by atomic mass is 10.1. The number of methoxy groups -OCH3 is 1. The van der Waals surface area contributed by atoms with Gasteiger partial charge < -0.3 is 15.2 Å². The molecule has 1 aromatic rings. The Balaban J connectivity index is 2.34. The van der Waals surface area contributed by atoms with E-state index in [9.17, 15) is 9.90 Å². The SMILES string of the molecule is COCCNC(=O)CNC(CO)c1ccccc1. The maximum absolute atomic E-state index is 11.5. The molecule has 1 aromatic carbocycles. The van der Waals surface area contributed by atoms with E-state index in [2.05, 4.69) is 10.6 Å². The van der Waals surface area contributed by atoms with Crippen molar-refractivity contribution in [3.8, 4) is 0 Å². The molecule has 0 bridgehead atoms. The minimum atomic E-state index is -0.223. The zero-order chi connectivity index (χ0) is 13.2. The summed E-state index contributed by atoms with van der Waals surface area (Å²) in [7, 11) is 1.58. The first kappa shape index (κ1) is 14.6. The number of carbonyl (C=O) groups is 1. The Morgan fingerprint density at radius 3 is 2.72 bits per heavy atom. The molecule has 1 rings (SSSR count). The number of nitrogens with one attached hydrogen (secondary N) is 2. The molecule has 5 heteroatoms. The summed E-state index contributed by atoms with van der Waals surface area (Å²) in [5.41, 5.74) is 0.963. The summed E-state index contributed by atoms with van der Waals surface area (Å²) in [5, 5.41) is 15.0. The monoisotopic (exact) mass is 252 g/mol. The molecule has 0 fully saturated rings. The first-order valence-electron chi connectivity index (χ1n) is 5.92. The maximum Gasteiger partial charge on any atom is 0.234 e. The van der Waals surface area contributed by atoms with E-state index in [0.29, 0.717) is 13.2 Å². The molecule has 1 unspecified atom stereocenters. The number of ether oxygens (including phenoxy) is 1. The predicted octanol–water partition coefficient (Wildman–Crippen LogP) is 0.0722. The van der Waals surface area contributed by atoms with Crippen LogP contribution in [-0.2, 0) is 9.53 Å². The highest BCUT2D eigenvalue weighted by Gasteiger charge is 2.10. The summed E-state index contributed by atoms with van der Waals surface area (Å²) < 4.78 is 4.83. The van der Waals surface area contributed by atoms with Gasteiger partial charge in [-0.3, -0.25) is 10.1 Å². The molecule has 5 nitrogen and oxygen atoms in total. The van der Waals surface area contributed by atoms with Crippen molar-refractivity contribution in [3.63, 3.8) is 0 Å². The average Bonchev–Trinajstić information content (AvgIpc) is 2.41. The fraction of sp³-hybridized carbons (Fsp3) is 0.462. The van der Waals surface area contributed by atoms with Crippen molar-refractivity contribution in [1.29, 1.82) is 0 Å². The molecule has 0 aliphatic rings. The van der Waals surface area contributed by atoms with Crippen LogP contribution in [0.4, 0.5) is 0 Å². The van der Waals surface area contributed by atoms with Crippen molar-refractivity contribution < 1.29 is 14.6 Å². The molecular formula is C13H20N2O3. The molecule has 0 saturated carbocycles. The number of hydrogen-bond donors (Lipinski definition) is 3. The Morgan fingerprint density at radius 2 is 2.11 bits per heavy atom. The molecule has 0 aromatic heterocycles. The fourth-order valence-electron chi connectivity index (χ4n) is 1.54. The largest absolute Gasteiger partial charge is 0.394 e. The van der Waals surface area contributed by atoms with E-state index in [1.54, 1.807) is 7.11 Å². The third-order valence-electron chi connectivity index (χ3n) is 2.52. The van der Waals surface area contributed by atoms with Crippen molar-refractivity contribution in [2.75, 3.05) is 33.4 Å². The Kier molecular flexibility index (Phi) is 7.01. The number of benzene rings is 1. The van der Waals surface area contributed by atoms with Gasteiger partial charge in [-0.1, -0.05) is 30.3 Å². The summed E-state index contributed by atoms with van der Waals surface area (Å²) in [5.74, 6) is -0.110. The summed E-state index contributed by atoms with van der Waals surface area (Å²) in [6, 6.07) is 9.32. The normalized spacial score (nSPS) is 12.1. The van der Waals surface area contributed by atoms with E-state index in [1.807, 2.05) is 30.3 Å². The van der Waals surface area contributed by atoms with Crippen LogP contribution in [0.2, 0.25) is 0 Å². The Hall–Kier alpha value is -1.43. The van der Waals surface area contributed by atoms with Crippen LogP contribution in [0.3, 0.4) is 0 Å². The quantitative estimate of drug-likeness (QED) is 0.573. The van der Waals surface area contributed by atoms with Crippen LogP contribution in [-0.4, -0.2) is 44.4 Å². The highest BCUT2D eigenvalue weighted by molar-refractivity contribution is 5.78. The van der Waals surface area contributed by atoms with Crippen molar-refractivity contribution in [3.05, 3.63) is 35.9 Å². The van der Waals surface area contributed by atoms with Gasteiger partial charge in [-0.2, -0.15) is 0 Å². The lowest BCUT2D eigenvalue weighted by molar-refractivity contribution is -0.120. The highest BCUT2D eigenvalue weighted by Crippen LogP contribution is 2.10. The topological polar surface area (TPSA) is 70.6 Å². The molecule has 0 aliphatic heterocycles. The molecule has 18 heavy (non-hydrogen) atoms. The Morgan fingerprint density at radius 1 is 1.39 bits per heavy atom. The molecule has 3 N–H and O–H groups in total. The first-order valence-corrected chi connectivity index (χ1v) is 5.92. The van der Waals surface area contributed by atoms with E-state index >= 15 is 0 Å². The van der Waals surface area contributed by atoms with Crippen molar-refractivity contribution in [2.45, 2.75) is 6.04 Å². The van der Waals surface area contributed by atoms with Crippen LogP contribution in [0.25, 0.3) is 0 Å². The summed E-state index contributed by atoms with van der Waals surface area (Å²) >= 11 is 0. The molecule has 0 radical (unpaired) electrons. The number of aliphatic hydroxyl groups excluding tert-OH is 1. The van der Waals surface area contributed by atoms with Gasteiger partial charge in [-0.25, -0.2) is 0 Å². The van der Waals surface area contributed by atoms with Crippen molar-refractivity contribution in [2.24, 2.45) is 0 Å². The van der Waals surface area contributed by atoms with E-state index < -0.39 is 0 Å². The maximum atomic E-state index is 11.5. The molecule has 0 aliphatic carbocycles. The lowest BCUT2D eigenvalue weighted by Crippen LogP contribution is -2.38. The Labute approximate surface area is 107 Å². The van der Waals surface area contributed by atoms with Crippen LogP contribution in [0.5, 0.6) is 0 Å². The zero-order valence-electron chi connectivity index (χ0n) is 10.6. The summed E-state index contributed by atoms with van der Waals surface area (Å²) in [6.45, 7) is 1.11. The van der Waals surface area contributed by atoms with Crippen molar-refractivity contribution >= 4 is 5.91 Å². The smallest absolute Gasteiger partial charge is 0.234 e. The van der Waals surface area contributed by atoms with Gasteiger partial charge in [0.05, 0.1) is 25.8 Å². The van der Waals surface area contributed by atoms with E-state index in [1.165, 1.54) is 0 Å². The zero-order valence-corrected chi connectivity index (χ0v) is 10.6. The van der Waals surface area contributed by atoms with Crippen LogP contribution in [0.1, 0.15) is 11.6 Å². The summed E-state index contributed by atoms with van der Waals surface area (Å²) in [6.07, 6.45) is 0. The molecule has 0 heterocycles. The average molecular weight is 252 g/mol. The van der Waals surface area contributed by atoms with Gasteiger partial charge in [-0.15, -0.1) is 0 Å². The van der Waals surface area contributed by atoms with Crippen LogP contribution in [0.15, 0.2) is 30.3 Å². The predicted molar refractivity (Wildman–Crippen MR) is 69.2 cm³/mol. The minimum absolute atomic E-state index is 0.0463. The molecular weight excluding hydrogens is 232 g/mol. The van der Waals surface area contributed by atoms with E-state index in [0.717, 1.165) is 5.56 Å². The van der Waals surface area contributed by atoms with Crippen molar-refractivity contribution in [1.82, 2.24) is 10.6 Å².